The Kier molecular flexibility index (Phi) is 3.86. The van der Waals surface area contributed by atoms with Crippen LogP contribution in [-0.4, -0.2) is 17.2 Å². The molecule has 2 rings (SSSR count). The van der Waals surface area contributed by atoms with Gasteiger partial charge in [-0.1, -0.05) is 11.6 Å². The third-order valence-electron chi connectivity index (χ3n) is 2.21. The van der Waals surface area contributed by atoms with Crippen LogP contribution in [0.15, 0.2) is 26.9 Å². The average molecular weight is 335 g/mol. The topological polar surface area (TPSA) is 49.0 Å². The third-order valence-corrected chi connectivity index (χ3v) is 4.18. The average Bonchev–Trinajstić information content (AvgIpc) is 2.68. The minimum Gasteiger partial charge on any atom is -0.367 e. The van der Waals surface area contributed by atoms with E-state index < -0.39 is 0 Å². The van der Waals surface area contributed by atoms with E-state index in [-0.39, 0.29) is 10.6 Å². The van der Waals surface area contributed by atoms with Gasteiger partial charge in [-0.05, 0) is 28.1 Å². The summed E-state index contributed by atoms with van der Waals surface area (Å²) in [6, 6.07) is 4.02. The van der Waals surface area contributed by atoms with Gasteiger partial charge in [0.1, 0.15) is 5.02 Å². The van der Waals surface area contributed by atoms with Gasteiger partial charge in [0.2, 0.25) is 0 Å². The minimum absolute atomic E-state index is 0.165. The largest absolute Gasteiger partial charge is 0.367 e. The summed E-state index contributed by atoms with van der Waals surface area (Å²) in [5, 5.41) is 6.20. The van der Waals surface area contributed by atoms with Crippen LogP contribution in [0.3, 0.4) is 0 Å². The van der Waals surface area contributed by atoms with Gasteiger partial charge in [-0.25, -0.2) is 5.10 Å². The van der Waals surface area contributed by atoms with Crippen molar-refractivity contribution in [3.8, 4) is 0 Å². The molecule has 0 aliphatic rings. The van der Waals surface area contributed by atoms with Crippen LogP contribution in [0, 0.1) is 0 Å². The number of nitrogens with one attached hydrogen (secondary N) is 1. The Morgan fingerprint density at radius 3 is 3.00 bits per heavy atom. The second-order valence-corrected chi connectivity index (χ2v) is 6.39. The van der Waals surface area contributed by atoms with Crippen LogP contribution in [0.25, 0.3) is 0 Å². The summed E-state index contributed by atoms with van der Waals surface area (Å²) in [5.41, 5.74) is 0.253. The molecule has 7 heteroatoms. The van der Waals surface area contributed by atoms with Gasteiger partial charge in [0, 0.05) is 11.9 Å². The number of hydrogen-bond donors (Lipinski definition) is 1. The second-order valence-electron chi connectivity index (χ2n) is 3.46. The summed E-state index contributed by atoms with van der Waals surface area (Å²) >= 11 is 11.0. The van der Waals surface area contributed by atoms with E-state index >= 15 is 0 Å². The number of rotatable bonds is 3. The minimum atomic E-state index is -0.372. The van der Waals surface area contributed by atoms with Crippen LogP contribution in [0.5, 0.6) is 0 Å². The fourth-order valence-electron chi connectivity index (χ4n) is 1.40. The maximum Gasteiger partial charge on any atom is 0.285 e. The highest BCUT2D eigenvalue weighted by molar-refractivity contribution is 9.11. The molecule has 0 amide bonds. The van der Waals surface area contributed by atoms with Crippen molar-refractivity contribution in [3.05, 3.63) is 42.4 Å². The highest BCUT2D eigenvalue weighted by Gasteiger charge is 2.11. The number of hydrogen-bond acceptors (Lipinski definition) is 4. The Morgan fingerprint density at radius 2 is 2.35 bits per heavy atom. The summed E-state index contributed by atoms with van der Waals surface area (Å²) < 4.78 is 1.08. The van der Waals surface area contributed by atoms with Gasteiger partial charge in [-0.3, -0.25) is 4.79 Å². The van der Waals surface area contributed by atoms with E-state index in [0.717, 1.165) is 3.79 Å². The fourth-order valence-corrected chi connectivity index (χ4v) is 3.17. The number of halogens is 2. The van der Waals surface area contributed by atoms with Gasteiger partial charge < -0.3 is 4.90 Å². The number of H-pyrrole nitrogens is 1. The molecule has 0 unspecified atom stereocenters. The molecule has 2 heterocycles. The molecule has 0 aliphatic heterocycles. The molecule has 0 spiro atoms. The Balaban J connectivity index is 2.23. The van der Waals surface area contributed by atoms with Gasteiger partial charge in [0.25, 0.3) is 5.56 Å². The van der Waals surface area contributed by atoms with Crippen molar-refractivity contribution in [1.82, 2.24) is 10.2 Å². The van der Waals surface area contributed by atoms with E-state index in [0.29, 0.717) is 12.2 Å². The van der Waals surface area contributed by atoms with Crippen molar-refractivity contribution in [3.63, 3.8) is 0 Å². The van der Waals surface area contributed by atoms with Gasteiger partial charge in [-0.2, -0.15) is 5.10 Å². The second kappa shape index (κ2) is 5.20. The van der Waals surface area contributed by atoms with Gasteiger partial charge >= 0.3 is 0 Å². The molecule has 0 saturated heterocycles. The molecule has 0 bridgehead atoms. The number of aromatic nitrogens is 2. The van der Waals surface area contributed by atoms with Crippen molar-refractivity contribution in [2.45, 2.75) is 6.54 Å². The number of nitrogens with zero attached hydrogens (tertiary/aromatic N) is 2. The molecule has 0 aromatic carbocycles. The molecule has 0 atom stereocenters. The third kappa shape index (κ3) is 2.88. The van der Waals surface area contributed by atoms with Crippen LogP contribution in [0.2, 0.25) is 5.02 Å². The molecule has 90 valence electrons. The van der Waals surface area contributed by atoms with E-state index in [4.69, 9.17) is 11.6 Å². The van der Waals surface area contributed by atoms with E-state index in [1.54, 1.807) is 17.5 Å². The van der Waals surface area contributed by atoms with E-state index in [1.807, 2.05) is 24.1 Å². The predicted octanol–water partition coefficient (Wildman–Crippen LogP) is 2.88. The Bertz CT molecular complexity index is 583. The maximum atomic E-state index is 11.3. The normalized spacial score (nSPS) is 10.5. The Hall–Kier alpha value is -0.850. The molecule has 0 radical (unpaired) electrons. The summed E-state index contributed by atoms with van der Waals surface area (Å²) in [6.45, 7) is 0.682. The quantitative estimate of drug-likeness (QED) is 0.939. The lowest BCUT2D eigenvalue weighted by atomic mass is 10.3. The molecule has 1 N–H and O–H groups in total. The lowest BCUT2D eigenvalue weighted by Gasteiger charge is -2.18. The number of anilines is 1. The lowest BCUT2D eigenvalue weighted by molar-refractivity contribution is 0.905. The first-order valence-corrected chi connectivity index (χ1v) is 6.75. The zero-order chi connectivity index (χ0) is 12.4. The highest BCUT2D eigenvalue weighted by Crippen LogP contribution is 2.26. The first-order chi connectivity index (χ1) is 8.08. The number of thiophene rings is 1. The standard InChI is InChI=1S/C10H9BrClN3OS/c1-15(5-6-2-3-8(11)17-6)7-4-13-14-10(16)9(7)12/h2-4H,5H2,1H3,(H,14,16). The molecule has 17 heavy (non-hydrogen) atoms. The van der Waals surface area contributed by atoms with Crippen LogP contribution in [0.4, 0.5) is 5.69 Å². The molecular weight excluding hydrogens is 326 g/mol. The summed E-state index contributed by atoms with van der Waals surface area (Å²) in [7, 11) is 1.87. The SMILES string of the molecule is CN(Cc1ccc(Br)s1)c1cn[nH]c(=O)c1Cl. The molecule has 2 aromatic heterocycles. The van der Waals surface area contributed by atoms with Gasteiger partial charge in [0.05, 0.1) is 22.2 Å². The van der Waals surface area contributed by atoms with Gasteiger partial charge in [0.15, 0.2) is 0 Å². The van der Waals surface area contributed by atoms with Crippen LogP contribution >= 0.6 is 38.9 Å². The molecule has 2 aromatic rings. The first kappa shape index (κ1) is 12.6. The van der Waals surface area contributed by atoms with E-state index in [9.17, 15) is 4.79 Å². The van der Waals surface area contributed by atoms with Crippen LogP contribution in [0.1, 0.15) is 4.88 Å². The van der Waals surface area contributed by atoms with Crippen molar-refractivity contribution < 1.29 is 0 Å². The smallest absolute Gasteiger partial charge is 0.285 e. The zero-order valence-electron chi connectivity index (χ0n) is 8.91. The monoisotopic (exact) mass is 333 g/mol. The maximum absolute atomic E-state index is 11.3. The predicted molar refractivity (Wildman–Crippen MR) is 74.0 cm³/mol. The molecule has 0 aliphatic carbocycles. The molecule has 0 fully saturated rings. The summed E-state index contributed by atoms with van der Waals surface area (Å²) in [4.78, 5) is 14.4. The number of aromatic amines is 1. The Labute approximate surface area is 115 Å². The fraction of sp³-hybridized carbons (Fsp3) is 0.200. The van der Waals surface area contributed by atoms with Crippen molar-refractivity contribution in [1.29, 1.82) is 0 Å². The van der Waals surface area contributed by atoms with Gasteiger partial charge in [-0.15, -0.1) is 11.3 Å². The van der Waals surface area contributed by atoms with Crippen LogP contribution in [-0.2, 0) is 6.54 Å². The van der Waals surface area contributed by atoms with Crippen molar-refractivity contribution in [2.24, 2.45) is 0 Å². The highest BCUT2D eigenvalue weighted by atomic mass is 79.9. The van der Waals surface area contributed by atoms with Crippen LogP contribution < -0.4 is 10.5 Å². The Morgan fingerprint density at radius 1 is 1.59 bits per heavy atom. The van der Waals surface area contributed by atoms with E-state index in [2.05, 4.69) is 26.1 Å². The summed E-state index contributed by atoms with van der Waals surface area (Å²) in [5.74, 6) is 0. The first-order valence-electron chi connectivity index (χ1n) is 4.76. The van der Waals surface area contributed by atoms with Crippen molar-refractivity contribution >= 4 is 44.6 Å². The molecule has 0 saturated carbocycles. The lowest BCUT2D eigenvalue weighted by Crippen LogP contribution is -2.20. The van der Waals surface area contributed by atoms with Crippen molar-refractivity contribution in [2.75, 3.05) is 11.9 Å². The summed E-state index contributed by atoms with van der Waals surface area (Å²) in [6.07, 6.45) is 1.55. The van der Waals surface area contributed by atoms with E-state index in [1.165, 1.54) is 4.88 Å². The molecular formula is C10H9BrClN3OS. The zero-order valence-corrected chi connectivity index (χ0v) is 12.1. The molecule has 4 nitrogen and oxygen atoms in total.